The first-order valence-electron chi connectivity index (χ1n) is 8.82. The van der Waals surface area contributed by atoms with Crippen LogP contribution in [0.25, 0.3) is 11.0 Å². The zero-order valence-corrected chi connectivity index (χ0v) is 14.9. The standard InChI is InChI=1S/C19H22N2O3S/c20-19(21-10-15-5-2-6-23-15)25-11-14-9-18(22)24-17-8-13-4-1-3-12(13)7-16(14)17/h7-9,15H,1-6,10-11H2,(H2,20,21). The van der Waals surface area contributed by atoms with Gasteiger partial charge in [-0.2, -0.15) is 0 Å². The molecule has 2 aromatic rings. The number of hydrogen-bond acceptors (Lipinski definition) is 5. The molecule has 4 rings (SSSR count). The summed E-state index contributed by atoms with van der Waals surface area (Å²) in [5.41, 5.74) is 10.0. The van der Waals surface area contributed by atoms with Gasteiger partial charge in [0.05, 0.1) is 12.6 Å². The molecule has 0 radical (unpaired) electrons. The maximum absolute atomic E-state index is 11.9. The Balaban J connectivity index is 1.52. The van der Waals surface area contributed by atoms with Gasteiger partial charge in [-0.3, -0.25) is 4.99 Å². The van der Waals surface area contributed by atoms with Crippen molar-refractivity contribution in [3.05, 3.63) is 45.3 Å². The van der Waals surface area contributed by atoms with Crippen molar-refractivity contribution in [1.29, 1.82) is 0 Å². The second kappa shape index (κ2) is 7.22. The lowest BCUT2D eigenvalue weighted by Gasteiger charge is -2.09. The average molecular weight is 358 g/mol. The normalized spacial score (nSPS) is 20.3. The van der Waals surface area contributed by atoms with Gasteiger partial charge in [0.2, 0.25) is 0 Å². The number of benzene rings is 1. The summed E-state index contributed by atoms with van der Waals surface area (Å²) in [6, 6.07) is 5.78. The minimum absolute atomic E-state index is 0.200. The van der Waals surface area contributed by atoms with E-state index in [-0.39, 0.29) is 11.7 Å². The molecule has 1 unspecified atom stereocenters. The third kappa shape index (κ3) is 3.75. The number of nitrogens with zero attached hydrogens (tertiary/aromatic N) is 1. The quantitative estimate of drug-likeness (QED) is 0.516. The molecule has 5 nitrogen and oxygen atoms in total. The SMILES string of the molecule is NC(=NCC1CCCO1)SCc1cc(=O)oc2cc3c(cc12)CCC3. The molecule has 1 saturated heterocycles. The molecular weight excluding hydrogens is 336 g/mol. The van der Waals surface area contributed by atoms with Gasteiger partial charge < -0.3 is 14.9 Å². The topological polar surface area (TPSA) is 77.8 Å². The molecule has 6 heteroatoms. The lowest BCUT2D eigenvalue weighted by Crippen LogP contribution is -2.14. The minimum atomic E-state index is -0.309. The predicted molar refractivity (Wildman–Crippen MR) is 101 cm³/mol. The van der Waals surface area contributed by atoms with Gasteiger partial charge in [0.15, 0.2) is 5.17 Å². The van der Waals surface area contributed by atoms with Crippen molar-refractivity contribution in [2.24, 2.45) is 10.7 Å². The highest BCUT2D eigenvalue weighted by molar-refractivity contribution is 8.13. The summed E-state index contributed by atoms with van der Waals surface area (Å²) in [7, 11) is 0. The van der Waals surface area contributed by atoms with Crippen LogP contribution in [0.4, 0.5) is 0 Å². The molecule has 1 aromatic carbocycles. The molecule has 25 heavy (non-hydrogen) atoms. The molecular formula is C19H22N2O3S. The number of aliphatic imine (C=N–C) groups is 1. The molecule has 1 aromatic heterocycles. The van der Waals surface area contributed by atoms with Crippen LogP contribution in [0.2, 0.25) is 0 Å². The Kier molecular flexibility index (Phi) is 4.81. The van der Waals surface area contributed by atoms with Gasteiger partial charge in [-0.05, 0) is 60.9 Å². The molecule has 1 fully saturated rings. The van der Waals surface area contributed by atoms with Gasteiger partial charge in [-0.15, -0.1) is 0 Å². The van der Waals surface area contributed by atoms with Crippen LogP contribution in [0.15, 0.2) is 32.4 Å². The molecule has 1 aliphatic carbocycles. The molecule has 2 aliphatic rings. The molecule has 0 bridgehead atoms. The first kappa shape index (κ1) is 16.7. The van der Waals surface area contributed by atoms with Crippen LogP contribution in [0.3, 0.4) is 0 Å². The third-order valence-electron chi connectivity index (χ3n) is 4.89. The van der Waals surface area contributed by atoms with E-state index in [1.165, 1.54) is 29.3 Å². The molecule has 1 aliphatic heterocycles. The molecule has 0 saturated carbocycles. The van der Waals surface area contributed by atoms with Crippen molar-refractivity contribution in [3.8, 4) is 0 Å². The maximum atomic E-state index is 11.9. The fourth-order valence-corrected chi connectivity index (χ4v) is 4.30. The van der Waals surface area contributed by atoms with Gasteiger partial charge in [0, 0.05) is 23.8 Å². The Morgan fingerprint density at radius 2 is 2.08 bits per heavy atom. The van der Waals surface area contributed by atoms with E-state index in [0.29, 0.717) is 23.0 Å². The minimum Gasteiger partial charge on any atom is -0.423 e. The van der Waals surface area contributed by atoms with E-state index in [4.69, 9.17) is 14.9 Å². The van der Waals surface area contributed by atoms with Crippen LogP contribution in [-0.4, -0.2) is 24.4 Å². The number of rotatable bonds is 4. The van der Waals surface area contributed by atoms with Crippen molar-refractivity contribution in [2.75, 3.05) is 13.2 Å². The van der Waals surface area contributed by atoms with Crippen molar-refractivity contribution < 1.29 is 9.15 Å². The van der Waals surface area contributed by atoms with Gasteiger partial charge in [-0.25, -0.2) is 4.79 Å². The van der Waals surface area contributed by atoms with E-state index >= 15 is 0 Å². The lowest BCUT2D eigenvalue weighted by molar-refractivity contribution is 0.118. The summed E-state index contributed by atoms with van der Waals surface area (Å²) >= 11 is 1.46. The van der Waals surface area contributed by atoms with Crippen LogP contribution in [0.5, 0.6) is 0 Å². The summed E-state index contributed by atoms with van der Waals surface area (Å²) in [6.45, 7) is 1.44. The Bertz CT molecular complexity index is 869. The van der Waals surface area contributed by atoms with Crippen molar-refractivity contribution in [1.82, 2.24) is 0 Å². The average Bonchev–Trinajstić information content (AvgIpc) is 3.27. The van der Waals surface area contributed by atoms with Gasteiger partial charge in [0.25, 0.3) is 0 Å². The van der Waals surface area contributed by atoms with Gasteiger partial charge in [-0.1, -0.05) is 11.8 Å². The predicted octanol–water partition coefficient (Wildman–Crippen LogP) is 3.01. The van der Waals surface area contributed by atoms with Crippen LogP contribution in [0.1, 0.15) is 36.0 Å². The highest BCUT2D eigenvalue weighted by Crippen LogP contribution is 2.29. The van der Waals surface area contributed by atoms with E-state index in [9.17, 15) is 4.79 Å². The summed E-state index contributed by atoms with van der Waals surface area (Å²) in [5, 5.41) is 1.55. The second-order valence-electron chi connectivity index (χ2n) is 6.66. The summed E-state index contributed by atoms with van der Waals surface area (Å²) < 4.78 is 11.0. The van der Waals surface area contributed by atoms with E-state index in [0.717, 1.165) is 43.2 Å². The molecule has 132 valence electrons. The van der Waals surface area contributed by atoms with Crippen molar-refractivity contribution in [3.63, 3.8) is 0 Å². The molecule has 2 heterocycles. The highest BCUT2D eigenvalue weighted by atomic mass is 32.2. The number of thioether (sulfide) groups is 1. The summed E-state index contributed by atoms with van der Waals surface area (Å²) in [5.74, 6) is 0.613. The number of nitrogens with two attached hydrogens (primary N) is 1. The Labute approximate surface area is 150 Å². The van der Waals surface area contributed by atoms with E-state index in [2.05, 4.69) is 11.1 Å². The number of aryl methyl sites for hydroxylation is 2. The number of amidine groups is 1. The van der Waals surface area contributed by atoms with Crippen LogP contribution >= 0.6 is 11.8 Å². The van der Waals surface area contributed by atoms with Crippen molar-refractivity contribution in [2.45, 2.75) is 44.0 Å². The van der Waals surface area contributed by atoms with Crippen LogP contribution in [-0.2, 0) is 23.3 Å². The molecule has 0 amide bonds. The van der Waals surface area contributed by atoms with Gasteiger partial charge in [0.1, 0.15) is 5.58 Å². The van der Waals surface area contributed by atoms with E-state index in [1.807, 2.05) is 6.07 Å². The third-order valence-corrected chi connectivity index (χ3v) is 5.77. The van der Waals surface area contributed by atoms with Crippen LogP contribution < -0.4 is 11.4 Å². The van der Waals surface area contributed by atoms with Gasteiger partial charge >= 0.3 is 5.63 Å². The molecule has 1 atom stereocenters. The monoisotopic (exact) mass is 358 g/mol. The van der Waals surface area contributed by atoms with Crippen molar-refractivity contribution >= 4 is 27.9 Å². The zero-order valence-electron chi connectivity index (χ0n) is 14.1. The summed E-state index contributed by atoms with van der Waals surface area (Å²) in [4.78, 5) is 16.3. The second-order valence-corrected chi connectivity index (χ2v) is 7.66. The highest BCUT2D eigenvalue weighted by Gasteiger charge is 2.16. The first-order chi connectivity index (χ1) is 12.2. The molecule has 0 spiro atoms. The molecule has 2 N–H and O–H groups in total. The number of hydrogen-bond donors (Lipinski definition) is 1. The lowest BCUT2D eigenvalue weighted by atomic mass is 10.0. The fourth-order valence-electron chi connectivity index (χ4n) is 3.59. The van der Waals surface area contributed by atoms with E-state index < -0.39 is 0 Å². The number of fused-ring (bicyclic) bond motifs is 2. The van der Waals surface area contributed by atoms with E-state index in [1.54, 1.807) is 6.07 Å². The largest absolute Gasteiger partial charge is 0.423 e. The van der Waals surface area contributed by atoms with Crippen LogP contribution in [0, 0.1) is 0 Å². The Hall–Kier alpha value is -1.79. The number of ether oxygens (including phenoxy) is 1. The smallest absolute Gasteiger partial charge is 0.336 e. The zero-order chi connectivity index (χ0) is 17.2. The maximum Gasteiger partial charge on any atom is 0.336 e. The Morgan fingerprint density at radius 1 is 1.24 bits per heavy atom. The Morgan fingerprint density at radius 3 is 2.88 bits per heavy atom. The first-order valence-corrected chi connectivity index (χ1v) is 9.80. The summed E-state index contributed by atoms with van der Waals surface area (Å²) in [6.07, 6.45) is 5.69. The fraction of sp³-hybridized carbons (Fsp3) is 0.474.